The Morgan fingerprint density at radius 1 is 1.17 bits per heavy atom. The molecule has 1 saturated carbocycles. The van der Waals surface area contributed by atoms with Crippen molar-refractivity contribution < 1.29 is 9.32 Å². The van der Waals surface area contributed by atoms with Crippen molar-refractivity contribution in [2.45, 2.75) is 50.9 Å². The standard InChI is InChI=1S/C14H20N2O2/c17-14(16-8-4-1-5-9-16)13-10-12(15-18-13)11-6-2-3-7-11/h10-11H,1-9H2. The molecule has 1 aliphatic carbocycles. The Morgan fingerprint density at radius 3 is 2.61 bits per heavy atom. The number of nitrogens with zero attached hydrogens (tertiary/aromatic N) is 2. The van der Waals surface area contributed by atoms with Crippen LogP contribution < -0.4 is 0 Å². The Morgan fingerprint density at radius 2 is 1.89 bits per heavy atom. The quantitative estimate of drug-likeness (QED) is 0.808. The van der Waals surface area contributed by atoms with Crippen molar-refractivity contribution in [2.24, 2.45) is 0 Å². The average molecular weight is 248 g/mol. The maximum atomic E-state index is 12.2. The second kappa shape index (κ2) is 5.12. The second-order valence-electron chi connectivity index (χ2n) is 5.45. The zero-order chi connectivity index (χ0) is 12.4. The largest absolute Gasteiger partial charge is 0.351 e. The monoisotopic (exact) mass is 248 g/mol. The van der Waals surface area contributed by atoms with E-state index in [2.05, 4.69) is 5.16 Å². The van der Waals surface area contributed by atoms with E-state index in [1.165, 1.54) is 32.1 Å². The highest BCUT2D eigenvalue weighted by Crippen LogP contribution is 2.33. The van der Waals surface area contributed by atoms with E-state index in [9.17, 15) is 4.79 Å². The van der Waals surface area contributed by atoms with Crippen LogP contribution >= 0.6 is 0 Å². The molecule has 0 atom stereocenters. The summed E-state index contributed by atoms with van der Waals surface area (Å²) in [7, 11) is 0. The number of carbonyl (C=O) groups is 1. The van der Waals surface area contributed by atoms with E-state index < -0.39 is 0 Å². The van der Waals surface area contributed by atoms with Crippen LogP contribution in [0.1, 0.15) is 67.1 Å². The molecule has 3 rings (SSSR count). The molecule has 0 unspecified atom stereocenters. The predicted octanol–water partition coefficient (Wildman–Crippen LogP) is 2.96. The predicted molar refractivity (Wildman–Crippen MR) is 67.5 cm³/mol. The third-order valence-electron chi connectivity index (χ3n) is 4.16. The van der Waals surface area contributed by atoms with E-state index in [1.807, 2.05) is 11.0 Å². The van der Waals surface area contributed by atoms with Gasteiger partial charge in [0.05, 0.1) is 5.69 Å². The lowest BCUT2D eigenvalue weighted by molar-refractivity contribution is 0.0682. The molecule has 1 aromatic heterocycles. The van der Waals surface area contributed by atoms with Gasteiger partial charge in [-0.2, -0.15) is 0 Å². The minimum Gasteiger partial charge on any atom is -0.351 e. The van der Waals surface area contributed by atoms with Gasteiger partial charge in [-0.15, -0.1) is 0 Å². The van der Waals surface area contributed by atoms with Crippen molar-refractivity contribution in [3.05, 3.63) is 17.5 Å². The number of carbonyl (C=O) groups excluding carboxylic acids is 1. The van der Waals surface area contributed by atoms with Crippen molar-refractivity contribution in [3.63, 3.8) is 0 Å². The number of aromatic nitrogens is 1. The van der Waals surface area contributed by atoms with Crippen LogP contribution in [0.3, 0.4) is 0 Å². The summed E-state index contributed by atoms with van der Waals surface area (Å²) < 4.78 is 5.25. The topological polar surface area (TPSA) is 46.3 Å². The number of amides is 1. The van der Waals surface area contributed by atoms with Crippen molar-refractivity contribution in [1.29, 1.82) is 0 Å². The zero-order valence-corrected chi connectivity index (χ0v) is 10.7. The molecule has 2 fully saturated rings. The van der Waals surface area contributed by atoms with Gasteiger partial charge in [0.2, 0.25) is 5.76 Å². The van der Waals surface area contributed by atoms with E-state index in [-0.39, 0.29) is 5.91 Å². The summed E-state index contributed by atoms with van der Waals surface area (Å²) in [6.07, 6.45) is 8.35. The van der Waals surface area contributed by atoms with E-state index in [4.69, 9.17) is 4.52 Å². The van der Waals surface area contributed by atoms with Gasteiger partial charge in [-0.3, -0.25) is 4.79 Å². The van der Waals surface area contributed by atoms with Crippen LogP contribution in [0.15, 0.2) is 10.6 Å². The van der Waals surface area contributed by atoms with Gasteiger partial charge in [0.25, 0.3) is 5.91 Å². The number of hydrogen-bond donors (Lipinski definition) is 0. The molecular weight excluding hydrogens is 228 g/mol. The highest BCUT2D eigenvalue weighted by atomic mass is 16.5. The smallest absolute Gasteiger partial charge is 0.292 e. The summed E-state index contributed by atoms with van der Waals surface area (Å²) in [5.41, 5.74) is 0.979. The fraction of sp³-hybridized carbons (Fsp3) is 0.714. The molecule has 0 spiro atoms. The number of likely N-dealkylation sites (tertiary alicyclic amines) is 1. The Bertz CT molecular complexity index is 415. The van der Waals surface area contributed by atoms with E-state index >= 15 is 0 Å². The SMILES string of the molecule is O=C(c1cc(C2CCCC2)no1)N1CCCCC1. The van der Waals surface area contributed by atoms with Gasteiger partial charge in [-0.1, -0.05) is 18.0 Å². The van der Waals surface area contributed by atoms with Gasteiger partial charge in [0.1, 0.15) is 0 Å². The average Bonchev–Trinajstić information content (AvgIpc) is 3.09. The number of piperidine rings is 1. The molecule has 0 aromatic carbocycles. The van der Waals surface area contributed by atoms with Crippen LogP contribution in [0.4, 0.5) is 0 Å². The molecule has 0 radical (unpaired) electrons. The fourth-order valence-electron chi connectivity index (χ4n) is 3.06. The summed E-state index contributed by atoms with van der Waals surface area (Å²) in [4.78, 5) is 14.1. The molecule has 0 bridgehead atoms. The fourth-order valence-corrected chi connectivity index (χ4v) is 3.06. The lowest BCUT2D eigenvalue weighted by Gasteiger charge is -2.25. The summed E-state index contributed by atoms with van der Waals surface area (Å²) in [5.74, 6) is 0.960. The third-order valence-corrected chi connectivity index (χ3v) is 4.16. The summed E-state index contributed by atoms with van der Waals surface area (Å²) in [6.45, 7) is 1.72. The molecule has 1 amide bonds. The van der Waals surface area contributed by atoms with Crippen molar-refractivity contribution in [1.82, 2.24) is 10.1 Å². The Labute approximate surface area is 107 Å². The zero-order valence-electron chi connectivity index (χ0n) is 10.7. The van der Waals surface area contributed by atoms with Crippen LogP contribution in [0.2, 0.25) is 0 Å². The van der Waals surface area contributed by atoms with Gasteiger partial charge in [-0.05, 0) is 32.1 Å². The molecule has 1 saturated heterocycles. The molecule has 4 heteroatoms. The third kappa shape index (κ3) is 2.28. The van der Waals surface area contributed by atoms with E-state index in [0.29, 0.717) is 11.7 Å². The number of hydrogen-bond acceptors (Lipinski definition) is 3. The second-order valence-corrected chi connectivity index (χ2v) is 5.45. The maximum Gasteiger partial charge on any atom is 0.292 e. The molecule has 1 aromatic rings. The first-order valence-electron chi connectivity index (χ1n) is 7.10. The lowest BCUT2D eigenvalue weighted by atomic mass is 10.0. The Kier molecular flexibility index (Phi) is 3.35. The highest BCUT2D eigenvalue weighted by molar-refractivity contribution is 5.91. The van der Waals surface area contributed by atoms with Crippen LogP contribution in [-0.4, -0.2) is 29.1 Å². The molecule has 2 aliphatic rings. The molecule has 0 N–H and O–H groups in total. The van der Waals surface area contributed by atoms with Gasteiger partial charge >= 0.3 is 0 Å². The van der Waals surface area contributed by atoms with Crippen LogP contribution in [-0.2, 0) is 0 Å². The van der Waals surface area contributed by atoms with Gasteiger partial charge in [-0.25, -0.2) is 0 Å². The van der Waals surface area contributed by atoms with Crippen LogP contribution in [0.25, 0.3) is 0 Å². The maximum absolute atomic E-state index is 12.2. The first-order valence-corrected chi connectivity index (χ1v) is 7.10. The molecule has 4 nitrogen and oxygen atoms in total. The molecule has 18 heavy (non-hydrogen) atoms. The number of rotatable bonds is 2. The lowest BCUT2D eigenvalue weighted by Crippen LogP contribution is -2.35. The van der Waals surface area contributed by atoms with Gasteiger partial charge in [0, 0.05) is 25.1 Å². The molecule has 2 heterocycles. The first-order chi connectivity index (χ1) is 8.84. The van der Waals surface area contributed by atoms with Crippen LogP contribution in [0, 0.1) is 0 Å². The van der Waals surface area contributed by atoms with Gasteiger partial charge in [0.15, 0.2) is 0 Å². The van der Waals surface area contributed by atoms with Crippen molar-refractivity contribution in [3.8, 4) is 0 Å². The Hall–Kier alpha value is -1.32. The molecule has 98 valence electrons. The highest BCUT2D eigenvalue weighted by Gasteiger charge is 2.25. The summed E-state index contributed by atoms with van der Waals surface area (Å²) in [6, 6.07) is 1.87. The molecular formula is C14H20N2O2. The van der Waals surface area contributed by atoms with Crippen molar-refractivity contribution in [2.75, 3.05) is 13.1 Å². The van der Waals surface area contributed by atoms with Gasteiger partial charge < -0.3 is 9.42 Å². The van der Waals surface area contributed by atoms with Crippen molar-refractivity contribution >= 4 is 5.91 Å². The van der Waals surface area contributed by atoms with E-state index in [1.54, 1.807) is 0 Å². The van der Waals surface area contributed by atoms with E-state index in [0.717, 1.165) is 31.6 Å². The minimum atomic E-state index is 0.0199. The summed E-state index contributed by atoms with van der Waals surface area (Å²) in [5, 5.41) is 4.09. The Balaban J connectivity index is 1.69. The normalized spacial score (nSPS) is 21.4. The van der Waals surface area contributed by atoms with Crippen LogP contribution in [0.5, 0.6) is 0 Å². The first kappa shape index (κ1) is 11.8. The minimum absolute atomic E-state index is 0.0199. The summed E-state index contributed by atoms with van der Waals surface area (Å²) >= 11 is 0. The molecule has 1 aliphatic heterocycles.